The van der Waals surface area contributed by atoms with Crippen LogP contribution in [0.5, 0.6) is 0 Å². The summed E-state index contributed by atoms with van der Waals surface area (Å²) >= 11 is 0. The molecule has 0 amide bonds. The van der Waals surface area contributed by atoms with E-state index in [0.29, 0.717) is 6.61 Å². The predicted octanol–water partition coefficient (Wildman–Crippen LogP) is 1.17. The van der Waals surface area contributed by atoms with Crippen molar-refractivity contribution in [2.75, 3.05) is 13.2 Å². The molecule has 0 aliphatic heterocycles. The van der Waals surface area contributed by atoms with E-state index in [9.17, 15) is 0 Å². The maximum Gasteiger partial charge on any atom is 0.0653 e. The van der Waals surface area contributed by atoms with Crippen LogP contribution < -0.4 is 5.48 Å². The third-order valence-electron chi connectivity index (χ3n) is 1.46. The first-order valence-electron chi connectivity index (χ1n) is 4.18. The van der Waals surface area contributed by atoms with E-state index in [1.165, 1.54) is 0 Å². The summed E-state index contributed by atoms with van der Waals surface area (Å²) in [4.78, 5) is 9.16. The van der Waals surface area contributed by atoms with Crippen molar-refractivity contribution in [2.24, 2.45) is 0 Å². The largest absolute Gasteiger partial charge is 0.302 e. The van der Waals surface area contributed by atoms with Gasteiger partial charge in [0, 0.05) is 24.9 Å². The number of hydrogen-bond acceptors (Lipinski definition) is 3. The van der Waals surface area contributed by atoms with Gasteiger partial charge in [-0.2, -0.15) is 0 Å². The Hall–Kier alpha value is -0.930. The normalized spacial score (nSPS) is 10.1. The molecular weight excluding hydrogens is 152 g/mol. The quantitative estimate of drug-likeness (QED) is 0.526. The summed E-state index contributed by atoms with van der Waals surface area (Å²) in [5.41, 5.74) is 3.93. The Balaban J connectivity index is 2.16. The fraction of sp³-hybridized carbons (Fsp3) is 0.444. The molecule has 0 aromatic carbocycles. The third-order valence-corrected chi connectivity index (χ3v) is 1.46. The first-order valence-corrected chi connectivity index (χ1v) is 4.18. The molecule has 1 aromatic heterocycles. The molecule has 1 heterocycles. The number of nitrogens with one attached hydrogen (secondary N) is 1. The van der Waals surface area contributed by atoms with E-state index in [1.807, 2.05) is 25.1 Å². The van der Waals surface area contributed by atoms with Crippen LogP contribution in [-0.2, 0) is 11.3 Å². The average molecular weight is 166 g/mol. The van der Waals surface area contributed by atoms with E-state index in [4.69, 9.17) is 4.84 Å². The molecule has 12 heavy (non-hydrogen) atoms. The van der Waals surface area contributed by atoms with Crippen LogP contribution >= 0.6 is 0 Å². The van der Waals surface area contributed by atoms with E-state index in [2.05, 4.69) is 10.5 Å². The summed E-state index contributed by atoms with van der Waals surface area (Å²) in [5.74, 6) is 0. The minimum absolute atomic E-state index is 0.697. The van der Waals surface area contributed by atoms with E-state index < -0.39 is 0 Å². The Bertz CT molecular complexity index is 201. The van der Waals surface area contributed by atoms with Crippen LogP contribution in [0.25, 0.3) is 0 Å². The Labute approximate surface area is 72.7 Å². The molecule has 1 N–H and O–H groups in total. The van der Waals surface area contributed by atoms with E-state index in [-0.39, 0.29) is 0 Å². The number of pyridine rings is 1. The molecule has 0 saturated carbocycles. The van der Waals surface area contributed by atoms with Crippen molar-refractivity contribution in [3.8, 4) is 0 Å². The zero-order valence-corrected chi connectivity index (χ0v) is 7.29. The molecule has 0 atom stereocenters. The van der Waals surface area contributed by atoms with Gasteiger partial charge in [0.2, 0.25) is 0 Å². The summed E-state index contributed by atoms with van der Waals surface area (Å²) in [6.45, 7) is 3.46. The molecule has 0 aliphatic carbocycles. The summed E-state index contributed by atoms with van der Waals surface area (Å²) in [6.07, 6.45) is 2.71. The smallest absolute Gasteiger partial charge is 0.0653 e. The standard InChI is InChI=1S/C9H14N2O/c1-2-12-11-8-6-9-5-3-4-7-10-9/h3-5,7,11H,2,6,8H2,1H3. The van der Waals surface area contributed by atoms with Gasteiger partial charge >= 0.3 is 0 Å². The van der Waals surface area contributed by atoms with Crippen molar-refractivity contribution >= 4 is 0 Å². The first-order chi connectivity index (χ1) is 5.93. The van der Waals surface area contributed by atoms with Gasteiger partial charge in [0.05, 0.1) is 6.61 Å². The zero-order valence-electron chi connectivity index (χ0n) is 7.29. The Morgan fingerprint density at radius 2 is 2.42 bits per heavy atom. The maximum absolute atomic E-state index is 4.98. The SMILES string of the molecule is CCONCCc1ccccn1. The fourth-order valence-corrected chi connectivity index (χ4v) is 0.899. The predicted molar refractivity (Wildman–Crippen MR) is 47.6 cm³/mol. The molecule has 1 rings (SSSR count). The van der Waals surface area contributed by atoms with Crippen molar-refractivity contribution < 1.29 is 4.84 Å². The van der Waals surface area contributed by atoms with Gasteiger partial charge in [0.1, 0.15) is 0 Å². The van der Waals surface area contributed by atoms with Gasteiger partial charge in [-0.05, 0) is 19.1 Å². The second-order valence-electron chi connectivity index (χ2n) is 2.40. The Morgan fingerprint density at radius 1 is 1.50 bits per heavy atom. The number of hydroxylamine groups is 1. The second-order valence-corrected chi connectivity index (χ2v) is 2.40. The highest BCUT2D eigenvalue weighted by Crippen LogP contribution is 1.92. The molecule has 0 spiro atoms. The number of nitrogens with zero attached hydrogens (tertiary/aromatic N) is 1. The highest BCUT2D eigenvalue weighted by Gasteiger charge is 1.91. The lowest BCUT2D eigenvalue weighted by Gasteiger charge is -2.02. The van der Waals surface area contributed by atoms with Crippen molar-refractivity contribution in [1.82, 2.24) is 10.5 Å². The van der Waals surface area contributed by atoms with Crippen molar-refractivity contribution in [2.45, 2.75) is 13.3 Å². The lowest BCUT2D eigenvalue weighted by atomic mass is 10.3. The number of aromatic nitrogens is 1. The van der Waals surface area contributed by atoms with Crippen LogP contribution in [0, 0.1) is 0 Å². The monoisotopic (exact) mass is 166 g/mol. The minimum atomic E-state index is 0.697. The molecule has 66 valence electrons. The van der Waals surface area contributed by atoms with Gasteiger partial charge in [-0.25, -0.2) is 5.48 Å². The Kier molecular flexibility index (Phi) is 4.34. The topological polar surface area (TPSA) is 34.1 Å². The fourth-order valence-electron chi connectivity index (χ4n) is 0.899. The molecule has 3 heteroatoms. The number of hydrogen-bond donors (Lipinski definition) is 1. The first kappa shape index (κ1) is 9.16. The van der Waals surface area contributed by atoms with Crippen molar-refractivity contribution in [1.29, 1.82) is 0 Å². The zero-order chi connectivity index (χ0) is 8.65. The molecule has 0 saturated heterocycles. The maximum atomic E-state index is 4.98. The van der Waals surface area contributed by atoms with Crippen LogP contribution in [0.4, 0.5) is 0 Å². The molecule has 0 aliphatic rings. The Morgan fingerprint density at radius 3 is 3.08 bits per heavy atom. The molecule has 0 radical (unpaired) electrons. The summed E-state index contributed by atoms with van der Waals surface area (Å²) in [7, 11) is 0. The molecule has 0 fully saturated rings. The van der Waals surface area contributed by atoms with Crippen LogP contribution in [0.1, 0.15) is 12.6 Å². The lowest BCUT2D eigenvalue weighted by Crippen LogP contribution is -2.17. The molecule has 0 unspecified atom stereocenters. The third kappa shape index (κ3) is 3.46. The summed E-state index contributed by atoms with van der Waals surface area (Å²) in [5, 5.41) is 0. The van der Waals surface area contributed by atoms with Gasteiger partial charge < -0.3 is 4.84 Å². The van der Waals surface area contributed by atoms with Crippen LogP contribution in [0.2, 0.25) is 0 Å². The minimum Gasteiger partial charge on any atom is -0.302 e. The molecule has 3 nitrogen and oxygen atoms in total. The van der Waals surface area contributed by atoms with Gasteiger partial charge in [-0.1, -0.05) is 6.07 Å². The number of rotatable bonds is 5. The van der Waals surface area contributed by atoms with Crippen molar-refractivity contribution in [3.05, 3.63) is 30.1 Å². The van der Waals surface area contributed by atoms with E-state index in [1.54, 1.807) is 6.20 Å². The average Bonchev–Trinajstić information content (AvgIpc) is 2.14. The van der Waals surface area contributed by atoms with E-state index >= 15 is 0 Å². The van der Waals surface area contributed by atoms with Gasteiger partial charge in [-0.15, -0.1) is 0 Å². The second kappa shape index (κ2) is 5.69. The van der Waals surface area contributed by atoms with Crippen LogP contribution in [0.15, 0.2) is 24.4 Å². The van der Waals surface area contributed by atoms with Gasteiger partial charge in [-0.3, -0.25) is 4.98 Å². The molecule has 0 bridgehead atoms. The van der Waals surface area contributed by atoms with Crippen molar-refractivity contribution in [3.63, 3.8) is 0 Å². The van der Waals surface area contributed by atoms with Gasteiger partial charge in [0.25, 0.3) is 0 Å². The molecular formula is C9H14N2O. The summed E-state index contributed by atoms with van der Waals surface area (Å²) in [6, 6.07) is 5.91. The highest BCUT2D eigenvalue weighted by molar-refractivity contribution is 5.03. The van der Waals surface area contributed by atoms with Crippen LogP contribution in [-0.4, -0.2) is 18.1 Å². The highest BCUT2D eigenvalue weighted by atomic mass is 16.6. The van der Waals surface area contributed by atoms with Gasteiger partial charge in [0.15, 0.2) is 0 Å². The lowest BCUT2D eigenvalue weighted by molar-refractivity contribution is 0.0517. The van der Waals surface area contributed by atoms with Crippen LogP contribution in [0.3, 0.4) is 0 Å². The van der Waals surface area contributed by atoms with E-state index in [0.717, 1.165) is 18.7 Å². The summed E-state index contributed by atoms with van der Waals surface area (Å²) < 4.78 is 0. The molecule has 1 aromatic rings.